The maximum Gasteiger partial charge on any atom is 0.152 e. The average molecular weight is 345 g/mol. The van der Waals surface area contributed by atoms with Crippen LogP contribution in [-0.2, 0) is 21.9 Å². The molecule has 3 heterocycles. The van der Waals surface area contributed by atoms with Crippen molar-refractivity contribution >= 4 is 15.5 Å². The third kappa shape index (κ3) is 2.62. The van der Waals surface area contributed by atoms with Crippen molar-refractivity contribution in [2.24, 2.45) is 0 Å². The van der Waals surface area contributed by atoms with Gasteiger partial charge in [-0.05, 0) is 25.0 Å². The second-order valence-corrected chi connectivity index (χ2v) is 9.66. The third-order valence-electron chi connectivity index (χ3n) is 5.35. The molecule has 0 N–H and O–H groups in total. The van der Waals surface area contributed by atoms with Crippen LogP contribution in [0.1, 0.15) is 37.3 Å². The van der Waals surface area contributed by atoms with E-state index < -0.39 is 15.4 Å². The van der Waals surface area contributed by atoms with E-state index in [0.29, 0.717) is 12.3 Å². The molecule has 1 saturated heterocycles. The Balaban J connectivity index is 1.55. The van der Waals surface area contributed by atoms with Crippen molar-refractivity contribution in [3.8, 4) is 0 Å². The minimum atomic E-state index is -2.93. The van der Waals surface area contributed by atoms with E-state index in [9.17, 15) is 8.42 Å². The van der Waals surface area contributed by atoms with Gasteiger partial charge in [0.1, 0.15) is 0 Å². The lowest BCUT2D eigenvalue weighted by Gasteiger charge is -2.23. The normalized spacial score (nSPS) is 28.2. The van der Waals surface area contributed by atoms with Gasteiger partial charge in [0.2, 0.25) is 0 Å². The van der Waals surface area contributed by atoms with Crippen molar-refractivity contribution in [1.29, 1.82) is 0 Å². The monoisotopic (exact) mass is 345 g/mol. The summed E-state index contributed by atoms with van der Waals surface area (Å²) in [5.41, 5.74) is 3.42. The van der Waals surface area contributed by atoms with Gasteiger partial charge in [-0.15, -0.1) is 0 Å². The standard InChI is InChI=1S/C18H23N3O2S/c1-14-10-20(17-6-4-3-5-16(14)17)11-15-9-19-21(12-15)18(2)7-8-24(22,23)13-18/h3-6,9,12,14H,7-8,10-11,13H2,1-2H3/t14-,18-/m1/s1. The molecule has 0 amide bonds. The molecule has 0 radical (unpaired) electrons. The van der Waals surface area contributed by atoms with E-state index >= 15 is 0 Å². The molecule has 2 aromatic rings. The van der Waals surface area contributed by atoms with E-state index in [1.807, 2.05) is 24.0 Å². The highest BCUT2D eigenvalue weighted by Crippen LogP contribution is 2.37. The number of anilines is 1. The zero-order chi connectivity index (χ0) is 16.9. The molecule has 1 aromatic heterocycles. The van der Waals surface area contributed by atoms with Crippen molar-refractivity contribution in [1.82, 2.24) is 9.78 Å². The van der Waals surface area contributed by atoms with Crippen LogP contribution in [0.15, 0.2) is 36.7 Å². The molecule has 2 atom stereocenters. The van der Waals surface area contributed by atoms with Crippen LogP contribution in [0.2, 0.25) is 0 Å². The van der Waals surface area contributed by atoms with Gasteiger partial charge in [-0.25, -0.2) is 8.42 Å². The lowest BCUT2D eigenvalue weighted by molar-refractivity contribution is 0.328. The summed E-state index contributed by atoms with van der Waals surface area (Å²) in [6.07, 6.45) is 4.54. The van der Waals surface area contributed by atoms with Crippen LogP contribution in [0.25, 0.3) is 0 Å². The van der Waals surface area contributed by atoms with E-state index in [1.54, 1.807) is 0 Å². The molecule has 0 aliphatic carbocycles. The van der Waals surface area contributed by atoms with E-state index in [1.165, 1.54) is 11.3 Å². The van der Waals surface area contributed by atoms with E-state index in [0.717, 1.165) is 18.7 Å². The van der Waals surface area contributed by atoms with Crippen LogP contribution in [0.4, 0.5) is 5.69 Å². The largest absolute Gasteiger partial charge is 0.366 e. The van der Waals surface area contributed by atoms with Crippen LogP contribution < -0.4 is 4.90 Å². The quantitative estimate of drug-likeness (QED) is 0.858. The zero-order valence-electron chi connectivity index (χ0n) is 14.1. The number of benzene rings is 1. The van der Waals surface area contributed by atoms with Crippen molar-refractivity contribution in [2.75, 3.05) is 23.0 Å². The molecule has 1 fully saturated rings. The van der Waals surface area contributed by atoms with Gasteiger partial charge in [-0.3, -0.25) is 4.68 Å². The Kier molecular flexibility index (Phi) is 3.49. The summed E-state index contributed by atoms with van der Waals surface area (Å²) in [4.78, 5) is 2.38. The zero-order valence-corrected chi connectivity index (χ0v) is 15.0. The highest BCUT2D eigenvalue weighted by Gasteiger charge is 2.40. The second-order valence-electron chi connectivity index (χ2n) is 7.47. The summed E-state index contributed by atoms with van der Waals surface area (Å²) in [5.74, 6) is 0.981. The number of para-hydroxylation sites is 1. The molecule has 24 heavy (non-hydrogen) atoms. The summed E-state index contributed by atoms with van der Waals surface area (Å²) in [5, 5.41) is 4.48. The Morgan fingerprint density at radius 3 is 2.88 bits per heavy atom. The highest BCUT2D eigenvalue weighted by molar-refractivity contribution is 7.91. The molecule has 2 aliphatic heterocycles. The summed E-state index contributed by atoms with van der Waals surface area (Å²) < 4.78 is 25.5. The molecule has 1 aromatic carbocycles. The van der Waals surface area contributed by atoms with Gasteiger partial charge in [0.05, 0.1) is 23.2 Å². The first-order valence-electron chi connectivity index (χ1n) is 8.45. The van der Waals surface area contributed by atoms with Crippen LogP contribution in [0, 0.1) is 0 Å². The van der Waals surface area contributed by atoms with Gasteiger partial charge in [0.25, 0.3) is 0 Å². The Morgan fingerprint density at radius 2 is 2.12 bits per heavy atom. The molecular formula is C18H23N3O2S. The lowest BCUT2D eigenvalue weighted by Crippen LogP contribution is -2.31. The summed E-state index contributed by atoms with van der Waals surface area (Å²) >= 11 is 0. The van der Waals surface area contributed by atoms with Crippen LogP contribution in [0.5, 0.6) is 0 Å². The molecule has 4 rings (SSSR count). The van der Waals surface area contributed by atoms with Gasteiger partial charge in [0.15, 0.2) is 9.84 Å². The molecule has 0 spiro atoms. The van der Waals surface area contributed by atoms with E-state index in [4.69, 9.17) is 0 Å². The number of fused-ring (bicyclic) bond motifs is 1. The van der Waals surface area contributed by atoms with Gasteiger partial charge >= 0.3 is 0 Å². The summed E-state index contributed by atoms with van der Waals surface area (Å²) in [6, 6.07) is 8.55. The van der Waals surface area contributed by atoms with Crippen LogP contribution >= 0.6 is 0 Å². The predicted octanol–water partition coefficient (Wildman–Crippen LogP) is 2.54. The van der Waals surface area contributed by atoms with Gasteiger partial charge < -0.3 is 4.90 Å². The first-order chi connectivity index (χ1) is 11.4. The lowest BCUT2D eigenvalue weighted by atomic mass is 10.0. The van der Waals surface area contributed by atoms with E-state index in [2.05, 4.69) is 41.2 Å². The number of sulfone groups is 1. The van der Waals surface area contributed by atoms with Crippen molar-refractivity contribution in [3.63, 3.8) is 0 Å². The Labute approximate surface area is 143 Å². The molecule has 0 unspecified atom stereocenters. The summed E-state index contributed by atoms with van der Waals surface area (Å²) in [6.45, 7) is 6.06. The topological polar surface area (TPSA) is 55.2 Å². The van der Waals surface area contributed by atoms with E-state index in [-0.39, 0.29) is 11.5 Å². The van der Waals surface area contributed by atoms with Crippen molar-refractivity contribution in [2.45, 2.75) is 38.3 Å². The number of aromatic nitrogens is 2. The molecule has 0 bridgehead atoms. The average Bonchev–Trinajstić information content (AvgIpc) is 3.19. The fourth-order valence-corrected chi connectivity index (χ4v) is 6.12. The van der Waals surface area contributed by atoms with Crippen molar-refractivity contribution in [3.05, 3.63) is 47.8 Å². The molecular weight excluding hydrogens is 322 g/mol. The Morgan fingerprint density at radius 1 is 1.33 bits per heavy atom. The fraction of sp³-hybridized carbons (Fsp3) is 0.500. The Bertz CT molecular complexity index is 874. The molecule has 128 valence electrons. The van der Waals surface area contributed by atoms with Gasteiger partial charge in [-0.1, -0.05) is 25.1 Å². The highest BCUT2D eigenvalue weighted by atomic mass is 32.2. The fourth-order valence-electron chi connectivity index (χ4n) is 4.00. The minimum absolute atomic E-state index is 0.185. The number of nitrogens with zero attached hydrogens (tertiary/aromatic N) is 3. The first kappa shape index (κ1) is 15.7. The molecule has 6 heteroatoms. The molecule has 5 nitrogen and oxygen atoms in total. The number of hydrogen-bond donors (Lipinski definition) is 0. The number of hydrogen-bond acceptors (Lipinski definition) is 4. The van der Waals surface area contributed by atoms with Gasteiger partial charge in [0, 0.05) is 36.5 Å². The second kappa shape index (κ2) is 5.34. The SMILES string of the molecule is C[C@@H]1CN(Cc2cnn([C@]3(C)CCS(=O)(=O)C3)c2)c2ccccc21. The van der Waals surface area contributed by atoms with Gasteiger partial charge in [-0.2, -0.15) is 5.10 Å². The van der Waals surface area contributed by atoms with Crippen molar-refractivity contribution < 1.29 is 8.42 Å². The smallest absolute Gasteiger partial charge is 0.152 e. The minimum Gasteiger partial charge on any atom is -0.366 e. The number of rotatable bonds is 3. The van der Waals surface area contributed by atoms with Crippen LogP contribution in [-0.4, -0.2) is 36.2 Å². The maximum atomic E-state index is 11.8. The Hall–Kier alpha value is -1.82. The summed E-state index contributed by atoms with van der Waals surface area (Å²) in [7, 11) is -2.93. The predicted molar refractivity (Wildman–Crippen MR) is 95.1 cm³/mol. The third-order valence-corrected chi connectivity index (χ3v) is 7.24. The maximum absolute atomic E-state index is 11.8. The molecule has 2 aliphatic rings. The first-order valence-corrected chi connectivity index (χ1v) is 10.3. The van der Waals surface area contributed by atoms with Crippen LogP contribution in [0.3, 0.4) is 0 Å². The molecule has 0 saturated carbocycles.